The molecule has 0 aliphatic carbocycles. The normalized spacial score (nSPS) is 16.2. The Morgan fingerprint density at radius 3 is 2.42 bits per heavy atom. The number of nitrogens with zero attached hydrogens (tertiary/aromatic N) is 1. The quantitative estimate of drug-likeness (QED) is 0.598. The van der Waals surface area contributed by atoms with Crippen LogP contribution in [0.1, 0.15) is 51.5 Å². The van der Waals surface area contributed by atoms with Crippen LogP contribution in [0, 0.1) is 0 Å². The van der Waals surface area contributed by atoms with Crippen molar-refractivity contribution in [2.45, 2.75) is 52.1 Å². The van der Waals surface area contributed by atoms with Gasteiger partial charge < -0.3 is 15.0 Å². The standard InChI is InChI=1S/C21H30N2O3/c1-3-14-22-21(25)17(2)26-20(24)13-10-18-8-11-19(12-9-18)23-15-6-4-5-7-16-23/h8-13,17H,3-7,14-16H2,1-2H3,(H,22,25)/b13-10+/t17-/m0/s1. The van der Waals surface area contributed by atoms with E-state index in [4.69, 9.17) is 4.74 Å². The highest BCUT2D eigenvalue weighted by Crippen LogP contribution is 2.20. The summed E-state index contributed by atoms with van der Waals surface area (Å²) in [5.41, 5.74) is 2.16. The van der Waals surface area contributed by atoms with Gasteiger partial charge in [0, 0.05) is 31.4 Å². The minimum atomic E-state index is -0.788. The molecule has 5 nitrogen and oxygen atoms in total. The molecule has 1 saturated heterocycles. The van der Waals surface area contributed by atoms with E-state index >= 15 is 0 Å². The summed E-state index contributed by atoms with van der Waals surface area (Å²) in [6, 6.07) is 8.19. The Bertz CT molecular complexity index is 602. The van der Waals surface area contributed by atoms with Crippen LogP contribution in [0.4, 0.5) is 5.69 Å². The predicted octanol–water partition coefficient (Wildman–Crippen LogP) is 3.54. The minimum absolute atomic E-state index is 0.268. The molecular formula is C21H30N2O3. The van der Waals surface area contributed by atoms with Crippen LogP contribution in [0.2, 0.25) is 0 Å². The second-order valence-corrected chi connectivity index (χ2v) is 6.70. The summed E-state index contributed by atoms with van der Waals surface area (Å²) in [5, 5.41) is 2.71. The van der Waals surface area contributed by atoms with E-state index in [0.29, 0.717) is 6.54 Å². The Hall–Kier alpha value is -2.30. The zero-order chi connectivity index (χ0) is 18.8. The van der Waals surface area contributed by atoms with Gasteiger partial charge in [0.1, 0.15) is 0 Å². The predicted molar refractivity (Wildman–Crippen MR) is 105 cm³/mol. The van der Waals surface area contributed by atoms with E-state index in [1.54, 1.807) is 13.0 Å². The summed E-state index contributed by atoms with van der Waals surface area (Å²) >= 11 is 0. The SMILES string of the molecule is CCCNC(=O)[C@H](C)OC(=O)/C=C/c1ccc(N2CCCCCC2)cc1. The zero-order valence-corrected chi connectivity index (χ0v) is 15.9. The molecule has 0 unspecified atom stereocenters. The van der Waals surface area contributed by atoms with Crippen molar-refractivity contribution in [2.24, 2.45) is 0 Å². The first-order valence-corrected chi connectivity index (χ1v) is 9.61. The first-order chi connectivity index (χ1) is 12.6. The topological polar surface area (TPSA) is 58.6 Å². The molecule has 1 heterocycles. The number of carbonyl (C=O) groups excluding carboxylic acids is 2. The fourth-order valence-electron chi connectivity index (χ4n) is 2.95. The first-order valence-electron chi connectivity index (χ1n) is 9.61. The summed E-state index contributed by atoms with van der Waals surface area (Å²) in [7, 11) is 0. The van der Waals surface area contributed by atoms with Crippen LogP contribution in [-0.2, 0) is 14.3 Å². The highest BCUT2D eigenvalue weighted by atomic mass is 16.5. The average Bonchev–Trinajstić information content (AvgIpc) is 2.94. The molecule has 1 amide bonds. The van der Waals surface area contributed by atoms with Crippen LogP contribution in [0.5, 0.6) is 0 Å². The monoisotopic (exact) mass is 358 g/mol. The van der Waals surface area contributed by atoms with E-state index in [-0.39, 0.29) is 5.91 Å². The van der Waals surface area contributed by atoms with E-state index in [0.717, 1.165) is 25.1 Å². The summed E-state index contributed by atoms with van der Waals surface area (Å²) in [5.74, 6) is -0.781. The van der Waals surface area contributed by atoms with E-state index in [2.05, 4.69) is 22.3 Å². The molecule has 0 saturated carbocycles. The third-order valence-corrected chi connectivity index (χ3v) is 4.49. The molecule has 1 aromatic carbocycles. The lowest BCUT2D eigenvalue weighted by molar-refractivity contribution is -0.150. The number of anilines is 1. The number of amides is 1. The Morgan fingerprint density at radius 1 is 1.15 bits per heavy atom. The van der Waals surface area contributed by atoms with Crippen molar-refractivity contribution in [2.75, 3.05) is 24.5 Å². The minimum Gasteiger partial charge on any atom is -0.449 e. The molecule has 0 radical (unpaired) electrons. The van der Waals surface area contributed by atoms with Gasteiger partial charge in [-0.05, 0) is 50.0 Å². The number of benzene rings is 1. The second kappa shape index (κ2) is 10.6. The van der Waals surface area contributed by atoms with Gasteiger partial charge in [0.25, 0.3) is 5.91 Å². The summed E-state index contributed by atoms with van der Waals surface area (Å²) in [6.45, 7) is 6.35. The third-order valence-electron chi connectivity index (χ3n) is 4.49. The number of rotatable bonds is 7. The molecule has 5 heteroatoms. The molecule has 1 aliphatic heterocycles. The molecule has 0 spiro atoms. The van der Waals surface area contributed by atoms with Gasteiger partial charge >= 0.3 is 5.97 Å². The van der Waals surface area contributed by atoms with E-state index in [9.17, 15) is 9.59 Å². The molecule has 0 bridgehead atoms. The smallest absolute Gasteiger partial charge is 0.331 e. The lowest BCUT2D eigenvalue weighted by atomic mass is 10.1. The van der Waals surface area contributed by atoms with Crippen LogP contribution in [0.3, 0.4) is 0 Å². The van der Waals surface area contributed by atoms with Gasteiger partial charge in [-0.2, -0.15) is 0 Å². The van der Waals surface area contributed by atoms with Crippen LogP contribution >= 0.6 is 0 Å². The molecular weight excluding hydrogens is 328 g/mol. The fourth-order valence-corrected chi connectivity index (χ4v) is 2.95. The Morgan fingerprint density at radius 2 is 1.81 bits per heavy atom. The number of carbonyl (C=O) groups is 2. The fraction of sp³-hybridized carbons (Fsp3) is 0.524. The number of esters is 1. The maximum Gasteiger partial charge on any atom is 0.331 e. The van der Waals surface area contributed by atoms with Gasteiger partial charge in [-0.15, -0.1) is 0 Å². The number of hydrogen-bond acceptors (Lipinski definition) is 4. The van der Waals surface area contributed by atoms with Gasteiger partial charge in [0.05, 0.1) is 0 Å². The van der Waals surface area contributed by atoms with Crippen molar-refractivity contribution in [3.63, 3.8) is 0 Å². The van der Waals surface area contributed by atoms with Gasteiger partial charge in [-0.3, -0.25) is 4.79 Å². The molecule has 2 rings (SSSR count). The van der Waals surface area contributed by atoms with Gasteiger partial charge in [0.2, 0.25) is 0 Å². The highest BCUT2D eigenvalue weighted by molar-refractivity contribution is 5.90. The van der Waals surface area contributed by atoms with Crippen molar-refractivity contribution in [1.29, 1.82) is 0 Å². The van der Waals surface area contributed by atoms with Crippen LogP contribution in [0.15, 0.2) is 30.3 Å². The zero-order valence-electron chi connectivity index (χ0n) is 15.9. The van der Waals surface area contributed by atoms with E-state index in [1.165, 1.54) is 37.4 Å². The molecule has 1 fully saturated rings. The van der Waals surface area contributed by atoms with Crippen LogP contribution in [0.25, 0.3) is 6.08 Å². The molecule has 0 aromatic heterocycles. The van der Waals surface area contributed by atoms with Gasteiger partial charge in [-0.1, -0.05) is 31.9 Å². The largest absolute Gasteiger partial charge is 0.449 e. The molecule has 1 aromatic rings. The summed E-state index contributed by atoms with van der Waals surface area (Å²) < 4.78 is 5.12. The van der Waals surface area contributed by atoms with Crippen molar-refractivity contribution >= 4 is 23.6 Å². The van der Waals surface area contributed by atoms with Crippen molar-refractivity contribution in [3.8, 4) is 0 Å². The lowest BCUT2D eigenvalue weighted by Crippen LogP contribution is -2.35. The van der Waals surface area contributed by atoms with E-state index in [1.807, 2.05) is 19.1 Å². The van der Waals surface area contributed by atoms with Crippen molar-refractivity contribution in [3.05, 3.63) is 35.9 Å². The van der Waals surface area contributed by atoms with E-state index < -0.39 is 12.1 Å². The van der Waals surface area contributed by atoms with Crippen LogP contribution in [-0.4, -0.2) is 37.6 Å². The second-order valence-electron chi connectivity index (χ2n) is 6.70. The highest BCUT2D eigenvalue weighted by Gasteiger charge is 2.15. The molecule has 1 aliphatic rings. The average molecular weight is 358 g/mol. The first kappa shape index (κ1) is 20.0. The van der Waals surface area contributed by atoms with Gasteiger partial charge in [-0.25, -0.2) is 4.79 Å². The van der Waals surface area contributed by atoms with Crippen LogP contribution < -0.4 is 10.2 Å². The Kier molecular flexibility index (Phi) is 8.19. The number of ether oxygens (including phenoxy) is 1. The Labute approximate surface area is 156 Å². The maximum absolute atomic E-state index is 11.9. The molecule has 26 heavy (non-hydrogen) atoms. The molecule has 142 valence electrons. The maximum atomic E-state index is 11.9. The number of hydrogen-bond donors (Lipinski definition) is 1. The summed E-state index contributed by atoms with van der Waals surface area (Å²) in [6.07, 6.45) is 8.26. The Balaban J connectivity index is 1.85. The lowest BCUT2D eigenvalue weighted by Gasteiger charge is -2.22. The molecule has 1 N–H and O–H groups in total. The van der Waals surface area contributed by atoms with Gasteiger partial charge in [0.15, 0.2) is 6.10 Å². The molecule has 1 atom stereocenters. The number of nitrogens with one attached hydrogen (secondary N) is 1. The summed E-state index contributed by atoms with van der Waals surface area (Å²) in [4.78, 5) is 26.0. The van der Waals surface area contributed by atoms with Crippen molar-refractivity contribution in [1.82, 2.24) is 5.32 Å². The third kappa shape index (κ3) is 6.54. The van der Waals surface area contributed by atoms with Crippen molar-refractivity contribution < 1.29 is 14.3 Å².